The molecule has 2 aliphatic heterocycles. The number of ether oxygens (including phenoxy) is 2. The van der Waals surface area contributed by atoms with Gasteiger partial charge in [0.2, 0.25) is 6.29 Å². The zero-order valence-corrected chi connectivity index (χ0v) is 17.4. The number of para-hydroxylation sites is 1. The summed E-state index contributed by atoms with van der Waals surface area (Å²) in [5.41, 5.74) is 2.62. The van der Waals surface area contributed by atoms with E-state index in [4.69, 9.17) is 13.9 Å². The van der Waals surface area contributed by atoms with Crippen molar-refractivity contribution in [2.45, 2.75) is 31.8 Å². The van der Waals surface area contributed by atoms with Gasteiger partial charge in [-0.2, -0.15) is 0 Å². The Morgan fingerprint density at radius 2 is 1.84 bits per heavy atom. The molecule has 1 aromatic heterocycles. The van der Waals surface area contributed by atoms with E-state index in [1.54, 1.807) is 29.2 Å². The second-order valence-electron chi connectivity index (χ2n) is 8.01. The van der Waals surface area contributed by atoms with Gasteiger partial charge in [-0.15, -0.1) is 0 Å². The Morgan fingerprint density at radius 1 is 1.09 bits per heavy atom. The molecule has 7 nitrogen and oxygen atoms in total. The number of aliphatic hydroxyl groups excluding tert-OH is 1. The van der Waals surface area contributed by atoms with Gasteiger partial charge in [-0.1, -0.05) is 36.4 Å². The van der Waals surface area contributed by atoms with Gasteiger partial charge in [-0.05, 0) is 29.3 Å². The average molecular weight is 433 g/mol. The Balaban J connectivity index is 1.41. The monoisotopic (exact) mass is 433 g/mol. The molecular weight excluding hydrogens is 410 g/mol. The number of carbonyl (C=O) groups is 1. The first kappa shape index (κ1) is 20.5. The van der Waals surface area contributed by atoms with E-state index < -0.39 is 6.29 Å². The summed E-state index contributed by atoms with van der Waals surface area (Å²) in [7, 11) is 0. The predicted molar refractivity (Wildman–Crippen MR) is 117 cm³/mol. The van der Waals surface area contributed by atoms with Gasteiger partial charge < -0.3 is 23.9 Å². The second kappa shape index (κ2) is 8.61. The fourth-order valence-corrected chi connectivity index (χ4v) is 3.82. The number of fused-ring (bicyclic) bond motifs is 1. The topological polar surface area (TPSA) is 89.0 Å². The fourth-order valence-electron chi connectivity index (χ4n) is 3.82. The van der Waals surface area contributed by atoms with Crippen LogP contribution in [0.1, 0.15) is 29.0 Å². The summed E-state index contributed by atoms with van der Waals surface area (Å²) in [6.07, 6.45) is 2.88. The van der Waals surface area contributed by atoms with E-state index in [2.05, 4.69) is 0 Å². The molecule has 2 atom stereocenters. The molecule has 164 valence electrons. The molecule has 3 aromatic rings. The number of allylic oxidation sites excluding steroid dienone is 1. The molecule has 5 rings (SSSR count). The highest BCUT2D eigenvalue weighted by atomic mass is 16.7. The molecular formula is C25H23NO6. The number of amides is 1. The average Bonchev–Trinajstić information content (AvgIpc) is 3.68. The van der Waals surface area contributed by atoms with Crippen LogP contribution in [0, 0.1) is 0 Å². The molecule has 2 aromatic carbocycles. The third-order valence-corrected chi connectivity index (χ3v) is 5.75. The maximum absolute atomic E-state index is 13.1. The number of benzene rings is 2. The van der Waals surface area contributed by atoms with Crippen molar-refractivity contribution in [3.05, 3.63) is 93.5 Å². The summed E-state index contributed by atoms with van der Waals surface area (Å²) in [6, 6.07) is 14.5. The van der Waals surface area contributed by atoms with Crippen LogP contribution in [0.3, 0.4) is 0 Å². The molecule has 0 radical (unpaired) electrons. The van der Waals surface area contributed by atoms with Crippen molar-refractivity contribution in [1.82, 2.24) is 4.90 Å². The predicted octanol–water partition coefficient (Wildman–Crippen LogP) is 3.06. The van der Waals surface area contributed by atoms with Crippen molar-refractivity contribution < 1.29 is 23.8 Å². The van der Waals surface area contributed by atoms with Crippen LogP contribution in [0.25, 0.3) is 11.0 Å². The van der Waals surface area contributed by atoms with Gasteiger partial charge in [0.15, 0.2) is 11.2 Å². The molecule has 0 spiro atoms. The number of rotatable bonds is 6. The summed E-state index contributed by atoms with van der Waals surface area (Å²) in [6.45, 7) is 1.66. The van der Waals surface area contributed by atoms with Crippen molar-refractivity contribution >= 4 is 16.9 Å². The van der Waals surface area contributed by atoms with Crippen molar-refractivity contribution in [3.8, 4) is 0 Å². The van der Waals surface area contributed by atoms with E-state index >= 15 is 0 Å². The van der Waals surface area contributed by atoms with Crippen molar-refractivity contribution in [2.24, 2.45) is 0 Å². The minimum Gasteiger partial charge on any atom is -0.464 e. The highest BCUT2D eigenvalue weighted by Crippen LogP contribution is 2.32. The number of hydrogen-bond acceptors (Lipinski definition) is 6. The van der Waals surface area contributed by atoms with E-state index in [-0.39, 0.29) is 36.2 Å². The number of hydrogen-bond donors (Lipinski definition) is 1. The van der Waals surface area contributed by atoms with Gasteiger partial charge in [0.05, 0.1) is 24.9 Å². The van der Waals surface area contributed by atoms with Gasteiger partial charge in [0.1, 0.15) is 5.58 Å². The molecule has 32 heavy (non-hydrogen) atoms. The van der Waals surface area contributed by atoms with Gasteiger partial charge >= 0.3 is 0 Å². The fraction of sp³-hybridized carbons (Fsp3) is 0.280. The molecule has 0 unspecified atom stereocenters. The molecule has 3 heterocycles. The van der Waals surface area contributed by atoms with Crippen LogP contribution in [-0.2, 0) is 27.5 Å². The standard InChI is InChI=1S/C25H23NO6/c27-13-16-5-7-17(8-6-16)14-31-23-12-18(11-22(32-23)25(29)26-9-10-26)20-15-30-21-4-2-1-3-19(21)24(20)28/h1-8,11,15,18,23,27H,9-10,12-14H2/t18-,23+/m1/s1. The molecule has 1 saturated heterocycles. The number of nitrogens with zero attached hydrogens (tertiary/aromatic N) is 1. The van der Waals surface area contributed by atoms with Crippen LogP contribution >= 0.6 is 0 Å². The quantitative estimate of drug-likeness (QED) is 0.601. The first-order valence-corrected chi connectivity index (χ1v) is 10.6. The zero-order valence-electron chi connectivity index (χ0n) is 17.4. The minimum absolute atomic E-state index is 0.0182. The van der Waals surface area contributed by atoms with E-state index in [1.807, 2.05) is 30.3 Å². The van der Waals surface area contributed by atoms with Crippen molar-refractivity contribution in [1.29, 1.82) is 0 Å². The van der Waals surface area contributed by atoms with E-state index in [0.717, 1.165) is 11.1 Å². The summed E-state index contributed by atoms with van der Waals surface area (Å²) in [5, 5.41) is 9.70. The lowest BCUT2D eigenvalue weighted by Gasteiger charge is -2.29. The molecule has 1 amide bonds. The largest absolute Gasteiger partial charge is 0.464 e. The molecule has 7 heteroatoms. The molecule has 1 fully saturated rings. The van der Waals surface area contributed by atoms with Crippen LogP contribution in [0.2, 0.25) is 0 Å². The Bertz CT molecular complexity index is 1230. The first-order chi connectivity index (χ1) is 15.6. The first-order valence-electron chi connectivity index (χ1n) is 10.6. The maximum atomic E-state index is 13.1. The summed E-state index contributed by atoms with van der Waals surface area (Å²) in [4.78, 5) is 27.5. The van der Waals surface area contributed by atoms with Crippen LogP contribution in [0.15, 0.2) is 75.8 Å². The van der Waals surface area contributed by atoms with Crippen LogP contribution < -0.4 is 5.43 Å². The van der Waals surface area contributed by atoms with Gasteiger partial charge in [0.25, 0.3) is 5.91 Å². The molecule has 1 N–H and O–H groups in total. The third kappa shape index (κ3) is 4.17. The van der Waals surface area contributed by atoms with Gasteiger partial charge in [-0.25, -0.2) is 0 Å². The SMILES string of the molecule is O=C(C1=C[C@@H](c2coc3ccccc3c2=O)C[C@@H](OCc2ccc(CO)cc2)O1)N1CC1. The van der Waals surface area contributed by atoms with E-state index in [0.29, 0.717) is 36.0 Å². The zero-order chi connectivity index (χ0) is 22.1. The summed E-state index contributed by atoms with van der Waals surface area (Å²) in [5.74, 6) is -0.363. The lowest BCUT2D eigenvalue weighted by atomic mass is 9.93. The number of aliphatic hydroxyl groups is 1. The maximum Gasteiger partial charge on any atom is 0.288 e. The van der Waals surface area contributed by atoms with Crippen LogP contribution in [0.5, 0.6) is 0 Å². The molecule has 0 aliphatic carbocycles. The smallest absolute Gasteiger partial charge is 0.288 e. The van der Waals surface area contributed by atoms with E-state index in [9.17, 15) is 14.7 Å². The molecule has 0 saturated carbocycles. The Labute approximate surface area is 184 Å². The van der Waals surface area contributed by atoms with Gasteiger partial charge in [-0.3, -0.25) is 9.59 Å². The lowest BCUT2D eigenvalue weighted by molar-refractivity contribution is -0.152. The minimum atomic E-state index is -0.688. The Hall–Kier alpha value is -3.42. The second-order valence-corrected chi connectivity index (χ2v) is 8.01. The Morgan fingerprint density at radius 3 is 2.59 bits per heavy atom. The highest BCUT2D eigenvalue weighted by molar-refractivity contribution is 5.93. The summed E-state index contributed by atoms with van der Waals surface area (Å²) < 4.78 is 17.5. The molecule has 2 aliphatic rings. The normalized spacial score (nSPS) is 20.0. The molecule has 0 bridgehead atoms. The summed E-state index contributed by atoms with van der Waals surface area (Å²) >= 11 is 0. The van der Waals surface area contributed by atoms with Gasteiger partial charge in [0, 0.05) is 31.0 Å². The lowest BCUT2D eigenvalue weighted by Crippen LogP contribution is -2.30. The van der Waals surface area contributed by atoms with Crippen LogP contribution in [-0.4, -0.2) is 35.3 Å². The van der Waals surface area contributed by atoms with Crippen molar-refractivity contribution in [3.63, 3.8) is 0 Å². The van der Waals surface area contributed by atoms with Crippen LogP contribution in [0.4, 0.5) is 0 Å². The van der Waals surface area contributed by atoms with Crippen molar-refractivity contribution in [2.75, 3.05) is 13.1 Å². The Kier molecular flexibility index (Phi) is 5.51. The third-order valence-electron chi connectivity index (χ3n) is 5.75. The highest BCUT2D eigenvalue weighted by Gasteiger charge is 2.35. The van der Waals surface area contributed by atoms with E-state index in [1.165, 1.54) is 6.26 Å². The number of carbonyl (C=O) groups excluding carboxylic acids is 1.